The minimum Gasteiger partial charge on any atom is -0.463 e. The zero-order chi connectivity index (χ0) is 28.0. The Bertz CT molecular complexity index is 1730. The standard InChI is InChI=1S/C30H24ClFN4O3S/c1-2-39-29(38)26-24(19-14-17-6-3-4-7-20(17)34-27(19)32)25-22(8-5-9-23(25)37)36(28(26)33)30-35-21(15-40-30)16-10-12-18(31)13-11-16/h3-4,6-7,10-15,24H,2,5,8-9,33H2,1H3. The van der Waals surface area contributed by atoms with Gasteiger partial charge in [-0.05, 0) is 44.0 Å². The van der Waals surface area contributed by atoms with Crippen molar-refractivity contribution in [3.05, 3.63) is 99.2 Å². The molecule has 1 atom stereocenters. The molecule has 6 rings (SSSR count). The Labute approximate surface area is 238 Å². The Hall–Kier alpha value is -4.08. The van der Waals surface area contributed by atoms with Crippen molar-refractivity contribution in [3.8, 4) is 11.3 Å². The number of aromatic nitrogens is 2. The van der Waals surface area contributed by atoms with Crippen LogP contribution >= 0.6 is 22.9 Å². The van der Waals surface area contributed by atoms with Gasteiger partial charge in [-0.3, -0.25) is 9.69 Å². The van der Waals surface area contributed by atoms with Gasteiger partial charge >= 0.3 is 5.97 Å². The van der Waals surface area contributed by atoms with Gasteiger partial charge < -0.3 is 10.5 Å². The number of carbonyl (C=O) groups excluding carboxylic acids is 2. The third kappa shape index (κ3) is 4.45. The van der Waals surface area contributed by atoms with E-state index >= 15 is 4.39 Å². The molecule has 0 bridgehead atoms. The maximum Gasteiger partial charge on any atom is 0.338 e. The Morgan fingerprint density at radius 3 is 2.73 bits per heavy atom. The lowest BCUT2D eigenvalue weighted by atomic mass is 9.75. The number of fused-ring (bicyclic) bond motifs is 1. The lowest BCUT2D eigenvalue weighted by Crippen LogP contribution is -2.41. The van der Waals surface area contributed by atoms with Crippen LogP contribution in [0, 0.1) is 5.95 Å². The highest BCUT2D eigenvalue weighted by molar-refractivity contribution is 7.14. The largest absolute Gasteiger partial charge is 0.463 e. The second-order valence-electron chi connectivity index (χ2n) is 9.51. The molecule has 4 aromatic rings. The average Bonchev–Trinajstić information content (AvgIpc) is 3.42. The SMILES string of the molecule is CCOC(=O)C1=C(N)N(c2nc(-c3ccc(Cl)cc3)cs2)C2=C(C(=O)CCC2)C1c1cc2ccccc2nc1F. The third-order valence-corrected chi connectivity index (χ3v) is 8.20. The Kier molecular flexibility index (Phi) is 6.85. The molecule has 1 unspecified atom stereocenters. The van der Waals surface area contributed by atoms with Crippen molar-refractivity contribution >= 4 is 50.7 Å². The molecule has 1 aliphatic carbocycles. The monoisotopic (exact) mass is 574 g/mol. The van der Waals surface area contributed by atoms with Crippen LogP contribution in [-0.4, -0.2) is 28.3 Å². The molecule has 2 aliphatic rings. The van der Waals surface area contributed by atoms with Crippen molar-refractivity contribution < 1.29 is 18.7 Å². The first-order chi connectivity index (χ1) is 19.4. The van der Waals surface area contributed by atoms with Gasteiger partial charge in [-0.25, -0.2) is 14.8 Å². The van der Waals surface area contributed by atoms with E-state index in [1.807, 2.05) is 29.6 Å². The number of Topliss-reactive ketones (excluding diaryl/α,β-unsaturated/α-hetero) is 1. The first-order valence-corrected chi connectivity index (χ1v) is 14.1. The number of anilines is 1. The summed E-state index contributed by atoms with van der Waals surface area (Å²) < 4.78 is 21.1. The topological polar surface area (TPSA) is 98.4 Å². The number of ether oxygens (including phenoxy) is 1. The number of thiazole rings is 1. The lowest BCUT2D eigenvalue weighted by Gasteiger charge is -2.39. The Morgan fingerprint density at radius 2 is 1.95 bits per heavy atom. The van der Waals surface area contributed by atoms with E-state index in [0.717, 1.165) is 5.56 Å². The number of nitrogens with two attached hydrogens (primary N) is 1. The van der Waals surface area contributed by atoms with Gasteiger partial charge in [0.1, 0.15) is 5.82 Å². The summed E-state index contributed by atoms with van der Waals surface area (Å²) in [6, 6.07) is 16.0. The fourth-order valence-electron chi connectivity index (χ4n) is 5.36. The summed E-state index contributed by atoms with van der Waals surface area (Å²) in [5.74, 6) is -2.67. The summed E-state index contributed by atoms with van der Waals surface area (Å²) in [6.07, 6.45) is 1.37. The van der Waals surface area contributed by atoms with Crippen LogP contribution in [0.3, 0.4) is 0 Å². The molecule has 202 valence electrons. The van der Waals surface area contributed by atoms with Crippen LogP contribution in [0.1, 0.15) is 37.7 Å². The second kappa shape index (κ2) is 10.5. The highest BCUT2D eigenvalue weighted by Gasteiger charge is 2.45. The number of esters is 1. The molecule has 40 heavy (non-hydrogen) atoms. The number of benzene rings is 2. The molecule has 0 amide bonds. The molecule has 2 N–H and O–H groups in total. The van der Waals surface area contributed by atoms with Crippen LogP contribution in [0.5, 0.6) is 0 Å². The molecule has 0 saturated heterocycles. The van der Waals surface area contributed by atoms with E-state index in [0.29, 0.717) is 50.9 Å². The summed E-state index contributed by atoms with van der Waals surface area (Å²) in [5.41, 5.74) is 9.81. The smallest absolute Gasteiger partial charge is 0.338 e. The number of allylic oxidation sites excluding steroid dienone is 2. The van der Waals surface area contributed by atoms with E-state index in [4.69, 9.17) is 27.1 Å². The minimum atomic E-state index is -1.06. The van der Waals surface area contributed by atoms with Gasteiger partial charge in [-0.15, -0.1) is 11.3 Å². The van der Waals surface area contributed by atoms with E-state index in [2.05, 4.69) is 4.98 Å². The molecule has 0 spiro atoms. The summed E-state index contributed by atoms with van der Waals surface area (Å²) in [4.78, 5) is 37.7. The van der Waals surface area contributed by atoms with Crippen molar-refractivity contribution in [2.45, 2.75) is 32.1 Å². The van der Waals surface area contributed by atoms with Crippen LogP contribution in [0.15, 0.2) is 82.6 Å². The number of carbonyl (C=O) groups is 2. The van der Waals surface area contributed by atoms with E-state index in [1.165, 1.54) is 11.3 Å². The molecule has 10 heteroatoms. The Balaban J connectivity index is 1.56. The fraction of sp³-hybridized carbons (Fsp3) is 0.200. The predicted octanol–water partition coefficient (Wildman–Crippen LogP) is 6.50. The zero-order valence-electron chi connectivity index (χ0n) is 21.5. The Morgan fingerprint density at radius 1 is 1.18 bits per heavy atom. The van der Waals surface area contributed by atoms with Gasteiger partial charge in [-0.2, -0.15) is 4.39 Å². The van der Waals surface area contributed by atoms with Gasteiger partial charge in [0.25, 0.3) is 0 Å². The average molecular weight is 575 g/mol. The molecule has 2 aromatic heterocycles. The van der Waals surface area contributed by atoms with Crippen molar-refractivity contribution in [2.75, 3.05) is 11.5 Å². The molecular formula is C30H24ClFN4O3S. The van der Waals surface area contributed by atoms with E-state index in [-0.39, 0.29) is 35.8 Å². The molecule has 2 aromatic carbocycles. The molecule has 0 radical (unpaired) electrons. The fourth-order valence-corrected chi connectivity index (χ4v) is 6.35. The molecule has 7 nitrogen and oxygen atoms in total. The number of rotatable bonds is 5. The van der Waals surface area contributed by atoms with Gasteiger partial charge in [0, 0.05) is 44.6 Å². The first kappa shape index (κ1) is 26.2. The predicted molar refractivity (Wildman–Crippen MR) is 153 cm³/mol. The van der Waals surface area contributed by atoms with Crippen LogP contribution in [0.2, 0.25) is 5.02 Å². The third-order valence-electron chi connectivity index (χ3n) is 7.13. The van der Waals surface area contributed by atoms with Gasteiger partial charge in [0.15, 0.2) is 10.9 Å². The summed E-state index contributed by atoms with van der Waals surface area (Å²) in [5, 5.41) is 3.65. The van der Waals surface area contributed by atoms with E-state index < -0.39 is 17.8 Å². The van der Waals surface area contributed by atoms with Crippen molar-refractivity contribution in [1.82, 2.24) is 9.97 Å². The molecule has 3 heterocycles. The van der Waals surface area contributed by atoms with E-state index in [9.17, 15) is 9.59 Å². The van der Waals surface area contributed by atoms with Gasteiger partial charge in [0.2, 0.25) is 5.95 Å². The first-order valence-electron chi connectivity index (χ1n) is 12.9. The number of hydrogen-bond acceptors (Lipinski definition) is 8. The molecule has 0 saturated carbocycles. The second-order valence-corrected chi connectivity index (χ2v) is 10.8. The lowest BCUT2D eigenvalue weighted by molar-refractivity contribution is -0.138. The number of nitrogens with zero attached hydrogens (tertiary/aromatic N) is 3. The van der Waals surface area contributed by atoms with Crippen LogP contribution in [-0.2, 0) is 14.3 Å². The molecular weight excluding hydrogens is 551 g/mol. The van der Waals surface area contributed by atoms with Crippen LogP contribution in [0.4, 0.5) is 9.52 Å². The summed E-state index contributed by atoms with van der Waals surface area (Å²) >= 11 is 7.38. The van der Waals surface area contributed by atoms with Crippen LogP contribution < -0.4 is 10.6 Å². The molecule has 1 aliphatic heterocycles. The maximum absolute atomic E-state index is 15.7. The normalized spacial score (nSPS) is 17.4. The van der Waals surface area contributed by atoms with Crippen molar-refractivity contribution in [3.63, 3.8) is 0 Å². The van der Waals surface area contributed by atoms with Gasteiger partial charge in [-0.1, -0.05) is 41.9 Å². The number of pyridine rings is 1. The minimum absolute atomic E-state index is 0.00456. The molecule has 0 fully saturated rings. The highest BCUT2D eigenvalue weighted by Crippen LogP contribution is 2.48. The van der Waals surface area contributed by atoms with Crippen molar-refractivity contribution in [1.29, 1.82) is 0 Å². The van der Waals surface area contributed by atoms with Gasteiger partial charge in [0.05, 0.1) is 29.3 Å². The summed E-state index contributed by atoms with van der Waals surface area (Å²) in [7, 11) is 0. The summed E-state index contributed by atoms with van der Waals surface area (Å²) in [6.45, 7) is 1.76. The number of para-hydroxylation sites is 1. The van der Waals surface area contributed by atoms with Crippen molar-refractivity contribution in [2.24, 2.45) is 5.73 Å². The van der Waals surface area contributed by atoms with Crippen LogP contribution in [0.25, 0.3) is 22.2 Å². The maximum atomic E-state index is 15.7. The number of ketones is 1. The van der Waals surface area contributed by atoms with E-state index in [1.54, 1.807) is 42.2 Å². The highest BCUT2D eigenvalue weighted by atomic mass is 35.5. The zero-order valence-corrected chi connectivity index (χ0v) is 23.1. The number of halogens is 2. The number of hydrogen-bond donors (Lipinski definition) is 1. The quantitative estimate of drug-likeness (QED) is 0.215.